The summed E-state index contributed by atoms with van der Waals surface area (Å²) in [6, 6.07) is 14.5. The highest BCUT2D eigenvalue weighted by molar-refractivity contribution is 6.10. The molecule has 0 saturated carbocycles. The third-order valence-corrected chi connectivity index (χ3v) is 3.88. The van der Waals surface area contributed by atoms with Crippen molar-refractivity contribution in [2.45, 2.75) is 6.54 Å². The molecule has 0 aliphatic carbocycles. The zero-order chi connectivity index (χ0) is 19.4. The van der Waals surface area contributed by atoms with Gasteiger partial charge < -0.3 is 15.0 Å². The van der Waals surface area contributed by atoms with Crippen molar-refractivity contribution in [1.29, 1.82) is 5.26 Å². The minimum Gasteiger partial charge on any atom is -0.480 e. The summed E-state index contributed by atoms with van der Waals surface area (Å²) in [6.07, 6.45) is 2.84. The summed E-state index contributed by atoms with van der Waals surface area (Å²) in [7, 11) is 0. The number of carboxylic acids is 1. The molecule has 0 spiro atoms. The maximum absolute atomic E-state index is 13.6. The quantitative estimate of drug-likeness (QED) is 0.536. The summed E-state index contributed by atoms with van der Waals surface area (Å²) in [5.74, 6) is -2.19. The van der Waals surface area contributed by atoms with Crippen LogP contribution in [0.3, 0.4) is 0 Å². The lowest BCUT2D eigenvalue weighted by atomic mass is 10.1. The number of carbonyl (C=O) groups is 2. The van der Waals surface area contributed by atoms with Gasteiger partial charge in [-0.15, -0.1) is 0 Å². The van der Waals surface area contributed by atoms with Crippen LogP contribution in [0, 0.1) is 17.1 Å². The molecule has 0 aliphatic rings. The fourth-order valence-corrected chi connectivity index (χ4v) is 2.71. The zero-order valence-corrected chi connectivity index (χ0v) is 14.0. The smallest absolute Gasteiger partial charge is 0.323 e. The molecule has 27 heavy (non-hydrogen) atoms. The number of nitrogens with one attached hydrogen (secondary N) is 1. The second-order valence-corrected chi connectivity index (χ2v) is 5.76. The monoisotopic (exact) mass is 363 g/mol. The molecule has 1 heterocycles. The number of anilines is 1. The lowest BCUT2D eigenvalue weighted by Crippen LogP contribution is -2.13. The summed E-state index contributed by atoms with van der Waals surface area (Å²) in [6.45, 7) is -0.369. The van der Waals surface area contributed by atoms with Crippen LogP contribution in [0.1, 0.15) is 5.56 Å². The van der Waals surface area contributed by atoms with Crippen LogP contribution in [0.25, 0.3) is 17.0 Å². The van der Waals surface area contributed by atoms with Gasteiger partial charge in [0.15, 0.2) is 0 Å². The Morgan fingerprint density at radius 3 is 2.63 bits per heavy atom. The molecule has 3 aromatic rings. The van der Waals surface area contributed by atoms with Crippen LogP contribution < -0.4 is 5.32 Å². The van der Waals surface area contributed by atoms with Gasteiger partial charge in [0.1, 0.15) is 24.0 Å². The molecular formula is C20H14FN3O3. The number of aromatic nitrogens is 1. The van der Waals surface area contributed by atoms with E-state index in [9.17, 15) is 19.2 Å². The Bertz CT molecular complexity index is 1090. The Kier molecular flexibility index (Phi) is 4.99. The van der Waals surface area contributed by atoms with Gasteiger partial charge >= 0.3 is 5.97 Å². The van der Waals surface area contributed by atoms with Crippen molar-refractivity contribution < 1.29 is 19.1 Å². The van der Waals surface area contributed by atoms with E-state index in [2.05, 4.69) is 5.32 Å². The number of benzene rings is 2. The number of amides is 1. The van der Waals surface area contributed by atoms with Crippen molar-refractivity contribution in [1.82, 2.24) is 4.57 Å². The van der Waals surface area contributed by atoms with Crippen LogP contribution in [0.15, 0.2) is 60.3 Å². The molecule has 0 radical (unpaired) electrons. The lowest BCUT2D eigenvalue weighted by Gasteiger charge is -2.03. The first-order valence-corrected chi connectivity index (χ1v) is 7.96. The van der Waals surface area contributed by atoms with Crippen molar-refractivity contribution in [2.24, 2.45) is 0 Å². The number of carbonyl (C=O) groups excluding carboxylic acids is 1. The molecule has 6 nitrogen and oxygen atoms in total. The van der Waals surface area contributed by atoms with Crippen LogP contribution in [-0.4, -0.2) is 21.6 Å². The lowest BCUT2D eigenvalue weighted by molar-refractivity contribution is -0.137. The average molecular weight is 363 g/mol. The van der Waals surface area contributed by atoms with Crippen LogP contribution in [0.4, 0.5) is 10.1 Å². The molecule has 3 rings (SSSR count). The van der Waals surface area contributed by atoms with E-state index in [-0.39, 0.29) is 12.1 Å². The van der Waals surface area contributed by atoms with Gasteiger partial charge in [0.05, 0.1) is 5.52 Å². The van der Waals surface area contributed by atoms with Crippen molar-refractivity contribution >= 4 is 34.5 Å². The summed E-state index contributed by atoms with van der Waals surface area (Å²) in [4.78, 5) is 23.4. The predicted molar refractivity (Wildman–Crippen MR) is 98.2 cm³/mol. The van der Waals surface area contributed by atoms with Crippen LogP contribution in [-0.2, 0) is 16.1 Å². The average Bonchev–Trinajstić information content (AvgIpc) is 2.96. The van der Waals surface area contributed by atoms with Crippen LogP contribution in [0.5, 0.6) is 0 Å². The number of halogens is 1. The largest absolute Gasteiger partial charge is 0.480 e. The van der Waals surface area contributed by atoms with E-state index in [4.69, 9.17) is 5.11 Å². The number of hydrogen-bond acceptors (Lipinski definition) is 3. The van der Waals surface area contributed by atoms with Crippen LogP contribution >= 0.6 is 0 Å². The second-order valence-electron chi connectivity index (χ2n) is 5.76. The topological polar surface area (TPSA) is 95.1 Å². The number of rotatable bonds is 5. The molecular weight excluding hydrogens is 349 g/mol. The first kappa shape index (κ1) is 17.9. The summed E-state index contributed by atoms with van der Waals surface area (Å²) in [5.41, 5.74) is 1.20. The van der Waals surface area contributed by atoms with E-state index < -0.39 is 17.7 Å². The SMILES string of the molecule is N#C/C(=C\c1cn(CC(=O)O)c2cc(F)ccc12)C(=O)Nc1ccccc1. The number of nitrogens with zero attached hydrogens (tertiary/aromatic N) is 2. The number of aliphatic carboxylic acids is 1. The summed E-state index contributed by atoms with van der Waals surface area (Å²) < 4.78 is 14.9. The second kappa shape index (κ2) is 7.54. The van der Waals surface area contributed by atoms with E-state index >= 15 is 0 Å². The van der Waals surface area contributed by atoms with E-state index in [1.807, 2.05) is 6.07 Å². The Morgan fingerprint density at radius 2 is 1.96 bits per heavy atom. The van der Waals surface area contributed by atoms with Crippen LogP contribution in [0.2, 0.25) is 0 Å². The van der Waals surface area contributed by atoms with Gasteiger partial charge in [-0.05, 0) is 36.4 Å². The minimum atomic E-state index is -1.09. The molecule has 0 saturated heterocycles. The number of para-hydroxylation sites is 1. The Morgan fingerprint density at radius 1 is 1.22 bits per heavy atom. The number of fused-ring (bicyclic) bond motifs is 1. The maximum Gasteiger partial charge on any atom is 0.323 e. The van der Waals surface area contributed by atoms with Crippen molar-refractivity contribution in [3.05, 3.63) is 71.7 Å². The molecule has 0 atom stereocenters. The van der Waals surface area contributed by atoms with Gasteiger partial charge in [0, 0.05) is 22.8 Å². The highest BCUT2D eigenvalue weighted by Gasteiger charge is 2.14. The van der Waals surface area contributed by atoms with Gasteiger partial charge in [0.2, 0.25) is 0 Å². The fourth-order valence-electron chi connectivity index (χ4n) is 2.71. The normalized spacial score (nSPS) is 11.2. The highest BCUT2D eigenvalue weighted by Crippen LogP contribution is 2.25. The zero-order valence-electron chi connectivity index (χ0n) is 14.0. The van der Waals surface area contributed by atoms with E-state index in [0.717, 1.165) is 0 Å². The Balaban J connectivity index is 2.01. The molecule has 1 aromatic heterocycles. The van der Waals surface area contributed by atoms with Crippen molar-refractivity contribution in [3.63, 3.8) is 0 Å². The third kappa shape index (κ3) is 4.02. The summed E-state index contributed by atoms with van der Waals surface area (Å²) >= 11 is 0. The fraction of sp³-hybridized carbons (Fsp3) is 0.0500. The van der Waals surface area contributed by atoms with Crippen molar-refractivity contribution in [2.75, 3.05) is 5.32 Å². The van der Waals surface area contributed by atoms with Gasteiger partial charge in [-0.1, -0.05) is 18.2 Å². The first-order chi connectivity index (χ1) is 13.0. The molecule has 0 unspecified atom stereocenters. The van der Waals surface area contributed by atoms with E-state index in [1.54, 1.807) is 30.3 Å². The highest BCUT2D eigenvalue weighted by atomic mass is 19.1. The minimum absolute atomic E-state index is 0.155. The molecule has 2 aromatic carbocycles. The van der Waals surface area contributed by atoms with Gasteiger partial charge in [-0.2, -0.15) is 5.26 Å². The third-order valence-electron chi connectivity index (χ3n) is 3.88. The summed E-state index contributed by atoms with van der Waals surface area (Å²) in [5, 5.41) is 21.6. The van der Waals surface area contributed by atoms with Gasteiger partial charge in [-0.25, -0.2) is 4.39 Å². The Hall–Kier alpha value is -3.92. The maximum atomic E-state index is 13.6. The number of nitriles is 1. The van der Waals surface area contributed by atoms with E-state index in [0.29, 0.717) is 22.2 Å². The number of carboxylic acid groups (broad SMARTS) is 1. The molecule has 0 fully saturated rings. The van der Waals surface area contributed by atoms with Gasteiger partial charge in [-0.3, -0.25) is 9.59 Å². The molecule has 0 bridgehead atoms. The van der Waals surface area contributed by atoms with E-state index in [1.165, 1.54) is 35.0 Å². The molecule has 0 aliphatic heterocycles. The molecule has 2 N–H and O–H groups in total. The molecule has 7 heteroatoms. The number of hydrogen-bond donors (Lipinski definition) is 2. The molecule has 1 amide bonds. The van der Waals surface area contributed by atoms with Crippen molar-refractivity contribution in [3.8, 4) is 6.07 Å². The molecule has 134 valence electrons. The predicted octanol–water partition coefficient (Wildman–Crippen LogP) is 3.41. The first-order valence-electron chi connectivity index (χ1n) is 7.96. The van der Waals surface area contributed by atoms with Gasteiger partial charge in [0.25, 0.3) is 5.91 Å². The standard InChI is InChI=1S/C20H14FN3O3/c21-15-6-7-17-14(11-24(12-19(25)26)18(17)9-15)8-13(10-22)20(27)23-16-4-2-1-3-5-16/h1-9,11H,12H2,(H,23,27)(H,25,26)/b13-8+. The Labute approximate surface area is 153 Å².